The minimum absolute atomic E-state index is 0.194. The molecular formula is C29H21N3O3. The van der Waals surface area contributed by atoms with Crippen LogP contribution < -0.4 is 15.0 Å². The van der Waals surface area contributed by atoms with Crippen molar-refractivity contribution in [2.24, 2.45) is 0 Å². The molecule has 0 spiro atoms. The van der Waals surface area contributed by atoms with Gasteiger partial charge in [0.05, 0.1) is 29.5 Å². The number of hydrogen-bond donors (Lipinski definition) is 1. The summed E-state index contributed by atoms with van der Waals surface area (Å²) >= 11 is 0. The van der Waals surface area contributed by atoms with Crippen LogP contribution in [-0.4, -0.2) is 18.4 Å². The Morgan fingerprint density at radius 3 is 2.29 bits per heavy atom. The molecule has 0 saturated carbocycles. The molecule has 1 heterocycles. The molecule has 1 aliphatic rings. The van der Waals surface area contributed by atoms with E-state index in [1.807, 2.05) is 49.4 Å². The highest BCUT2D eigenvalue weighted by atomic mass is 16.5. The second kappa shape index (κ2) is 9.16. The van der Waals surface area contributed by atoms with Gasteiger partial charge in [0.15, 0.2) is 0 Å². The van der Waals surface area contributed by atoms with Gasteiger partial charge in [-0.3, -0.25) is 9.59 Å². The Hall–Kier alpha value is -4.89. The van der Waals surface area contributed by atoms with Gasteiger partial charge in [0.2, 0.25) is 0 Å². The average Bonchev–Trinajstić information content (AvgIpc) is 3.14. The van der Waals surface area contributed by atoms with Gasteiger partial charge >= 0.3 is 0 Å². The van der Waals surface area contributed by atoms with Crippen molar-refractivity contribution in [3.05, 3.63) is 108 Å². The van der Waals surface area contributed by atoms with Crippen molar-refractivity contribution < 1.29 is 14.3 Å². The maximum absolute atomic E-state index is 13.7. The van der Waals surface area contributed by atoms with Gasteiger partial charge in [0.1, 0.15) is 11.4 Å². The zero-order valence-corrected chi connectivity index (χ0v) is 19.0. The number of rotatable bonds is 6. The predicted octanol–water partition coefficient (Wildman–Crippen LogP) is 5.51. The first-order valence-corrected chi connectivity index (χ1v) is 11.2. The van der Waals surface area contributed by atoms with Crippen LogP contribution in [0.25, 0.3) is 16.3 Å². The quantitative estimate of drug-likeness (QED) is 0.385. The van der Waals surface area contributed by atoms with E-state index in [1.54, 1.807) is 48.5 Å². The van der Waals surface area contributed by atoms with Gasteiger partial charge in [0.25, 0.3) is 11.8 Å². The Balaban J connectivity index is 1.62. The Labute approximate surface area is 202 Å². The van der Waals surface area contributed by atoms with Crippen molar-refractivity contribution in [2.45, 2.75) is 6.92 Å². The lowest BCUT2D eigenvalue weighted by Crippen LogP contribution is -2.32. The van der Waals surface area contributed by atoms with Gasteiger partial charge in [-0.15, -0.1) is 0 Å². The molecular weight excluding hydrogens is 438 g/mol. The molecule has 0 aliphatic carbocycles. The van der Waals surface area contributed by atoms with Gasteiger partial charge in [-0.05, 0) is 60.3 Å². The molecule has 35 heavy (non-hydrogen) atoms. The highest BCUT2D eigenvalue weighted by Crippen LogP contribution is 2.35. The standard InChI is InChI=1S/C29H21N3O3/c1-2-35-23-16-12-21(13-17-23)26-27(31-25-9-5-7-20-6-3-4-8-24(20)25)29(34)32(28(26)33)22-14-10-19(18-30)11-15-22/h3-17,31H,2H2,1H3. The van der Waals surface area contributed by atoms with Crippen LogP contribution in [0.15, 0.2) is 96.7 Å². The highest BCUT2D eigenvalue weighted by molar-refractivity contribution is 6.46. The van der Waals surface area contributed by atoms with E-state index in [1.165, 1.54) is 0 Å². The zero-order chi connectivity index (χ0) is 24.4. The van der Waals surface area contributed by atoms with E-state index in [9.17, 15) is 9.59 Å². The number of nitriles is 1. The minimum Gasteiger partial charge on any atom is -0.494 e. The summed E-state index contributed by atoms with van der Waals surface area (Å²) in [4.78, 5) is 28.5. The molecule has 6 heteroatoms. The Morgan fingerprint density at radius 2 is 1.57 bits per heavy atom. The summed E-state index contributed by atoms with van der Waals surface area (Å²) in [5, 5.41) is 14.3. The lowest BCUT2D eigenvalue weighted by atomic mass is 10.0. The molecule has 0 radical (unpaired) electrons. The number of imide groups is 1. The summed E-state index contributed by atoms with van der Waals surface area (Å²) in [5.74, 6) is -0.218. The van der Waals surface area contributed by atoms with Gasteiger partial charge in [-0.1, -0.05) is 48.5 Å². The summed E-state index contributed by atoms with van der Waals surface area (Å²) in [5.41, 5.74) is 2.64. The fourth-order valence-corrected chi connectivity index (χ4v) is 4.19. The second-order valence-corrected chi connectivity index (χ2v) is 7.96. The monoisotopic (exact) mass is 459 g/mol. The molecule has 4 aromatic rings. The van der Waals surface area contributed by atoms with Crippen molar-refractivity contribution in [2.75, 3.05) is 16.8 Å². The normalized spacial score (nSPS) is 13.3. The number of nitrogens with zero attached hydrogens (tertiary/aromatic N) is 2. The number of carbonyl (C=O) groups is 2. The van der Waals surface area contributed by atoms with Crippen LogP contribution in [0.5, 0.6) is 5.75 Å². The summed E-state index contributed by atoms with van der Waals surface area (Å²) in [6, 6.07) is 29.2. The lowest BCUT2D eigenvalue weighted by Gasteiger charge is -2.16. The first-order chi connectivity index (χ1) is 17.1. The number of hydrogen-bond acceptors (Lipinski definition) is 5. The minimum atomic E-state index is -0.462. The van der Waals surface area contributed by atoms with Gasteiger partial charge in [0, 0.05) is 11.1 Å². The fourth-order valence-electron chi connectivity index (χ4n) is 4.19. The van der Waals surface area contributed by atoms with Gasteiger partial charge in [-0.2, -0.15) is 5.26 Å². The van der Waals surface area contributed by atoms with Crippen molar-refractivity contribution >= 4 is 39.5 Å². The van der Waals surface area contributed by atoms with E-state index in [-0.39, 0.29) is 11.3 Å². The van der Waals surface area contributed by atoms with E-state index in [0.717, 1.165) is 21.4 Å². The molecule has 0 atom stereocenters. The molecule has 0 bridgehead atoms. The van der Waals surface area contributed by atoms with Crippen LogP contribution in [0.4, 0.5) is 11.4 Å². The summed E-state index contributed by atoms with van der Waals surface area (Å²) in [7, 11) is 0. The van der Waals surface area contributed by atoms with E-state index in [2.05, 4.69) is 11.4 Å². The van der Waals surface area contributed by atoms with E-state index < -0.39 is 11.8 Å². The van der Waals surface area contributed by atoms with Crippen molar-refractivity contribution in [3.63, 3.8) is 0 Å². The first kappa shape index (κ1) is 21.9. The van der Waals surface area contributed by atoms with Crippen LogP contribution in [0.2, 0.25) is 0 Å². The van der Waals surface area contributed by atoms with Crippen molar-refractivity contribution in [3.8, 4) is 11.8 Å². The maximum atomic E-state index is 13.7. The van der Waals surface area contributed by atoms with Crippen molar-refractivity contribution in [1.82, 2.24) is 0 Å². The molecule has 0 saturated heterocycles. The number of fused-ring (bicyclic) bond motifs is 1. The van der Waals surface area contributed by atoms with Crippen molar-refractivity contribution in [1.29, 1.82) is 5.26 Å². The predicted molar refractivity (Wildman–Crippen MR) is 136 cm³/mol. The third kappa shape index (κ3) is 4.00. The van der Waals surface area contributed by atoms with Crippen LogP contribution in [-0.2, 0) is 9.59 Å². The number of amides is 2. The maximum Gasteiger partial charge on any atom is 0.282 e. The van der Waals surface area contributed by atoms with E-state index in [4.69, 9.17) is 10.00 Å². The van der Waals surface area contributed by atoms with Crippen LogP contribution in [0, 0.1) is 11.3 Å². The summed E-state index contributed by atoms with van der Waals surface area (Å²) in [6.45, 7) is 2.43. The topological polar surface area (TPSA) is 82.4 Å². The molecule has 4 aromatic carbocycles. The zero-order valence-electron chi connectivity index (χ0n) is 19.0. The molecule has 2 amide bonds. The largest absolute Gasteiger partial charge is 0.494 e. The number of ether oxygens (including phenoxy) is 1. The molecule has 0 fully saturated rings. The van der Waals surface area contributed by atoms with Crippen LogP contribution >= 0.6 is 0 Å². The van der Waals surface area contributed by atoms with E-state index >= 15 is 0 Å². The number of nitrogens with one attached hydrogen (secondary N) is 1. The molecule has 0 unspecified atom stereocenters. The molecule has 170 valence electrons. The average molecular weight is 460 g/mol. The second-order valence-electron chi connectivity index (χ2n) is 7.96. The number of anilines is 2. The summed E-state index contributed by atoms with van der Waals surface area (Å²) in [6.07, 6.45) is 0. The number of carbonyl (C=O) groups excluding carboxylic acids is 2. The Bertz CT molecular complexity index is 1510. The summed E-state index contributed by atoms with van der Waals surface area (Å²) < 4.78 is 5.53. The fraction of sp³-hybridized carbons (Fsp3) is 0.0690. The van der Waals surface area contributed by atoms with Crippen LogP contribution in [0.3, 0.4) is 0 Å². The van der Waals surface area contributed by atoms with Gasteiger partial charge < -0.3 is 10.1 Å². The number of benzene rings is 4. The SMILES string of the molecule is CCOc1ccc(C2=C(Nc3cccc4ccccc34)C(=O)N(c3ccc(C#N)cc3)C2=O)cc1. The smallest absolute Gasteiger partial charge is 0.282 e. The molecule has 5 rings (SSSR count). The molecule has 1 N–H and O–H groups in total. The van der Waals surface area contributed by atoms with Crippen LogP contribution in [0.1, 0.15) is 18.1 Å². The first-order valence-electron chi connectivity index (χ1n) is 11.2. The Kier molecular flexibility index (Phi) is 5.74. The highest BCUT2D eigenvalue weighted by Gasteiger charge is 2.40. The Morgan fingerprint density at radius 1 is 0.857 bits per heavy atom. The lowest BCUT2D eigenvalue weighted by molar-refractivity contribution is -0.120. The molecule has 1 aliphatic heterocycles. The third-order valence-corrected chi connectivity index (χ3v) is 5.84. The third-order valence-electron chi connectivity index (χ3n) is 5.84. The van der Waals surface area contributed by atoms with Gasteiger partial charge in [-0.25, -0.2) is 4.90 Å². The molecule has 0 aromatic heterocycles. The molecule has 6 nitrogen and oxygen atoms in total. The van der Waals surface area contributed by atoms with E-state index in [0.29, 0.717) is 29.2 Å².